The molecule has 0 aromatic carbocycles. The quantitative estimate of drug-likeness (QED) is 0.704. The average molecular weight is 388 g/mol. The molecule has 5 nitrogen and oxygen atoms in total. The second-order valence-electron chi connectivity index (χ2n) is 8.01. The summed E-state index contributed by atoms with van der Waals surface area (Å²) in [6.45, 7) is 13.8. The summed E-state index contributed by atoms with van der Waals surface area (Å²) in [5, 5.41) is 1.85. The van der Waals surface area contributed by atoms with Gasteiger partial charge in [0.05, 0.1) is 0 Å². The van der Waals surface area contributed by atoms with Gasteiger partial charge in [0, 0.05) is 36.9 Å². The smallest absolute Gasteiger partial charge is 0.146 e. The summed E-state index contributed by atoms with van der Waals surface area (Å²) < 4.78 is 14.8. The zero-order valence-corrected chi connectivity index (χ0v) is 17.8. The number of pyridine rings is 1. The molecule has 1 unspecified atom stereocenters. The van der Waals surface area contributed by atoms with Crippen LogP contribution in [0.1, 0.15) is 52.3 Å². The number of halogens is 1. The highest BCUT2D eigenvalue weighted by Crippen LogP contribution is 2.36. The van der Waals surface area contributed by atoms with Gasteiger partial charge in [0.2, 0.25) is 0 Å². The molecule has 0 amide bonds. The van der Waals surface area contributed by atoms with E-state index in [0.29, 0.717) is 5.69 Å². The third-order valence-corrected chi connectivity index (χ3v) is 4.77. The summed E-state index contributed by atoms with van der Waals surface area (Å²) in [6.07, 6.45) is 7.64. The lowest BCUT2D eigenvalue weighted by Gasteiger charge is -2.28. The molecule has 2 rings (SSSR count). The molecule has 1 aromatic heterocycles. The standard InChI is InChI=1S/C22H34FN5/c1-7-9-10-17-16(3)26-27(6)21(17)20-18(23)11-12-19(25-20)28(14-8-2)15-13-22(4,5)24/h7,9-12,21,26H,3,8,13-15,24H2,1-2,4-6H3/b9-7-,17-10+. The minimum Gasteiger partial charge on any atom is -0.357 e. The van der Waals surface area contributed by atoms with Crippen LogP contribution in [0, 0.1) is 5.82 Å². The summed E-state index contributed by atoms with van der Waals surface area (Å²) in [5.41, 5.74) is 11.1. The highest BCUT2D eigenvalue weighted by Gasteiger charge is 2.34. The summed E-state index contributed by atoms with van der Waals surface area (Å²) in [7, 11) is 1.88. The van der Waals surface area contributed by atoms with Crippen molar-refractivity contribution in [3.05, 3.63) is 59.7 Å². The minimum absolute atomic E-state index is 0.259. The fourth-order valence-electron chi connectivity index (χ4n) is 3.29. The minimum atomic E-state index is -0.335. The summed E-state index contributed by atoms with van der Waals surface area (Å²) >= 11 is 0. The number of nitrogens with one attached hydrogen (secondary N) is 1. The molecule has 0 saturated carbocycles. The fourth-order valence-corrected chi connectivity index (χ4v) is 3.29. The van der Waals surface area contributed by atoms with Crippen molar-refractivity contribution < 1.29 is 4.39 Å². The average Bonchev–Trinajstić information content (AvgIpc) is 2.90. The fraction of sp³-hybridized carbons (Fsp3) is 0.500. The Hall–Kier alpha value is -2.18. The van der Waals surface area contributed by atoms with Crippen LogP contribution in [0.4, 0.5) is 10.2 Å². The number of nitrogens with zero attached hydrogens (tertiary/aromatic N) is 3. The molecule has 1 fully saturated rings. The Kier molecular flexibility index (Phi) is 7.38. The summed E-state index contributed by atoms with van der Waals surface area (Å²) in [6, 6.07) is 2.93. The Morgan fingerprint density at radius 2 is 2.11 bits per heavy atom. The largest absolute Gasteiger partial charge is 0.357 e. The Labute approximate surface area is 168 Å². The van der Waals surface area contributed by atoms with Crippen LogP contribution in [-0.2, 0) is 0 Å². The van der Waals surface area contributed by atoms with E-state index in [1.54, 1.807) is 6.07 Å². The van der Waals surface area contributed by atoms with Crippen molar-refractivity contribution in [1.82, 2.24) is 15.4 Å². The highest BCUT2D eigenvalue weighted by molar-refractivity contribution is 5.46. The Balaban J connectivity index is 2.41. The number of hydrogen-bond donors (Lipinski definition) is 2. The van der Waals surface area contributed by atoms with Crippen LogP contribution in [0.3, 0.4) is 0 Å². The lowest BCUT2D eigenvalue weighted by Crippen LogP contribution is -2.38. The Morgan fingerprint density at radius 1 is 1.39 bits per heavy atom. The van der Waals surface area contributed by atoms with Gasteiger partial charge < -0.3 is 16.1 Å². The van der Waals surface area contributed by atoms with E-state index in [1.165, 1.54) is 6.07 Å². The maximum atomic E-state index is 14.8. The molecule has 1 aromatic rings. The van der Waals surface area contributed by atoms with Crippen LogP contribution >= 0.6 is 0 Å². The van der Waals surface area contributed by atoms with Gasteiger partial charge in [0.15, 0.2) is 0 Å². The van der Waals surface area contributed by atoms with Gasteiger partial charge in [0.1, 0.15) is 23.4 Å². The number of allylic oxidation sites excluding steroid dienone is 3. The van der Waals surface area contributed by atoms with E-state index in [-0.39, 0.29) is 17.4 Å². The molecular formula is C22H34FN5. The van der Waals surface area contributed by atoms with Gasteiger partial charge in [0.25, 0.3) is 0 Å². The van der Waals surface area contributed by atoms with E-state index < -0.39 is 0 Å². The Bertz CT molecular complexity index is 748. The van der Waals surface area contributed by atoms with E-state index in [9.17, 15) is 4.39 Å². The topological polar surface area (TPSA) is 57.4 Å². The van der Waals surface area contributed by atoms with Gasteiger partial charge in [-0.3, -0.25) is 0 Å². The lowest BCUT2D eigenvalue weighted by molar-refractivity contribution is 0.250. The number of anilines is 1. The van der Waals surface area contributed by atoms with E-state index in [1.807, 2.05) is 51.1 Å². The maximum absolute atomic E-state index is 14.8. The van der Waals surface area contributed by atoms with Crippen LogP contribution < -0.4 is 16.1 Å². The van der Waals surface area contributed by atoms with Crippen LogP contribution in [0.2, 0.25) is 0 Å². The van der Waals surface area contributed by atoms with Crippen LogP contribution in [0.5, 0.6) is 0 Å². The maximum Gasteiger partial charge on any atom is 0.146 e. The van der Waals surface area contributed by atoms with Crippen LogP contribution in [0.15, 0.2) is 48.2 Å². The third-order valence-electron chi connectivity index (χ3n) is 4.77. The molecule has 0 bridgehead atoms. The predicted octanol–water partition coefficient (Wildman–Crippen LogP) is 4.07. The molecule has 0 spiro atoms. The van der Waals surface area contributed by atoms with Crippen molar-refractivity contribution in [3.63, 3.8) is 0 Å². The van der Waals surface area contributed by atoms with E-state index >= 15 is 0 Å². The number of aromatic nitrogens is 1. The number of rotatable bonds is 8. The van der Waals surface area contributed by atoms with Crippen molar-refractivity contribution in [2.24, 2.45) is 5.73 Å². The van der Waals surface area contributed by atoms with E-state index in [0.717, 1.165) is 43.0 Å². The molecule has 2 heterocycles. The van der Waals surface area contributed by atoms with Crippen LogP contribution in [0.25, 0.3) is 0 Å². The molecule has 6 heteroatoms. The molecular weight excluding hydrogens is 353 g/mol. The van der Waals surface area contributed by atoms with Crippen molar-refractivity contribution in [2.75, 3.05) is 25.0 Å². The van der Waals surface area contributed by atoms with Gasteiger partial charge in [-0.2, -0.15) is 0 Å². The number of hydrogen-bond acceptors (Lipinski definition) is 5. The molecule has 1 atom stereocenters. The number of hydrazine groups is 1. The molecule has 28 heavy (non-hydrogen) atoms. The second kappa shape index (κ2) is 9.34. The zero-order chi connectivity index (χ0) is 20.9. The van der Waals surface area contributed by atoms with Crippen LogP contribution in [-0.4, -0.2) is 35.7 Å². The zero-order valence-electron chi connectivity index (χ0n) is 17.8. The van der Waals surface area contributed by atoms with Crippen molar-refractivity contribution in [1.29, 1.82) is 0 Å². The van der Waals surface area contributed by atoms with Gasteiger partial charge in [-0.25, -0.2) is 14.4 Å². The predicted molar refractivity (Wildman–Crippen MR) is 115 cm³/mol. The first-order chi connectivity index (χ1) is 13.2. The number of likely N-dealkylation sites (N-methyl/N-ethyl adjacent to an activating group) is 1. The van der Waals surface area contributed by atoms with Gasteiger partial charge in [-0.05, 0) is 45.7 Å². The van der Waals surface area contributed by atoms with Crippen molar-refractivity contribution in [3.8, 4) is 0 Å². The molecule has 1 aliphatic rings. The van der Waals surface area contributed by atoms with Gasteiger partial charge >= 0.3 is 0 Å². The first-order valence-electron chi connectivity index (χ1n) is 9.89. The monoisotopic (exact) mass is 387 g/mol. The third kappa shape index (κ3) is 5.42. The summed E-state index contributed by atoms with van der Waals surface area (Å²) in [4.78, 5) is 6.92. The molecule has 0 aliphatic carbocycles. The van der Waals surface area contributed by atoms with E-state index in [2.05, 4.69) is 23.8 Å². The normalized spacial score (nSPS) is 19.6. The van der Waals surface area contributed by atoms with Crippen molar-refractivity contribution in [2.45, 2.75) is 52.1 Å². The molecule has 154 valence electrons. The van der Waals surface area contributed by atoms with Gasteiger partial charge in [-0.15, -0.1) is 0 Å². The first-order valence-corrected chi connectivity index (χ1v) is 9.89. The van der Waals surface area contributed by atoms with Crippen molar-refractivity contribution >= 4 is 5.82 Å². The molecule has 1 saturated heterocycles. The highest BCUT2D eigenvalue weighted by atomic mass is 19.1. The first kappa shape index (κ1) is 22.1. The molecule has 0 radical (unpaired) electrons. The SMILES string of the molecule is C=C1NN(C)C(c2nc(N(CCC)CCC(C)(C)N)ccc2F)/C1=C/C=C\C. The summed E-state index contributed by atoms with van der Waals surface area (Å²) in [5.74, 6) is 0.456. The molecule has 1 aliphatic heterocycles. The van der Waals surface area contributed by atoms with Gasteiger partial charge in [-0.1, -0.05) is 31.7 Å². The number of nitrogens with two attached hydrogens (primary N) is 1. The second-order valence-corrected chi connectivity index (χ2v) is 8.01. The lowest BCUT2D eigenvalue weighted by atomic mass is 10.0. The van der Waals surface area contributed by atoms with E-state index in [4.69, 9.17) is 10.7 Å². The molecule has 3 N–H and O–H groups in total. The Morgan fingerprint density at radius 3 is 2.71 bits per heavy atom.